The summed E-state index contributed by atoms with van der Waals surface area (Å²) in [5.41, 5.74) is 2.14. The molecule has 0 aliphatic carbocycles. The van der Waals surface area contributed by atoms with Gasteiger partial charge in [-0.2, -0.15) is 0 Å². The molecule has 1 N–H and O–H groups in total. The molecule has 0 atom stereocenters. The van der Waals surface area contributed by atoms with Gasteiger partial charge in [0.2, 0.25) is 5.91 Å². The van der Waals surface area contributed by atoms with Gasteiger partial charge in [-0.1, -0.05) is 22.9 Å². The first-order valence-corrected chi connectivity index (χ1v) is 5.11. The summed E-state index contributed by atoms with van der Waals surface area (Å²) in [4.78, 5) is 15.1. The van der Waals surface area contributed by atoms with E-state index in [1.807, 2.05) is 20.0 Å². The van der Waals surface area contributed by atoms with Gasteiger partial charge in [-0.3, -0.25) is 4.79 Å². The van der Waals surface area contributed by atoms with Crippen LogP contribution in [0.3, 0.4) is 0 Å². The highest BCUT2D eigenvalue weighted by Crippen LogP contribution is 2.24. The summed E-state index contributed by atoms with van der Waals surface area (Å²) in [6.07, 6.45) is 0. The summed E-state index contributed by atoms with van der Waals surface area (Å²) in [5.74, 6) is -0.0826. The first-order valence-electron chi connectivity index (χ1n) is 4.30. The lowest BCUT2D eigenvalue weighted by atomic mass is 9.97. The fourth-order valence-electron chi connectivity index (χ4n) is 1.24. The molecule has 70 valence electrons. The molecule has 5 heteroatoms. The van der Waals surface area contributed by atoms with Gasteiger partial charge in [-0.25, -0.2) is 4.98 Å². The van der Waals surface area contributed by atoms with Crippen LogP contribution in [0.1, 0.15) is 6.92 Å². The van der Waals surface area contributed by atoms with Crippen molar-refractivity contribution < 1.29 is 4.79 Å². The number of nitrogens with zero attached hydrogens (tertiary/aromatic N) is 1. The Hall–Kier alpha value is -1.36. The van der Waals surface area contributed by atoms with E-state index in [9.17, 15) is 4.79 Å². The topological polar surface area (TPSA) is 42.0 Å². The summed E-state index contributed by atoms with van der Waals surface area (Å²) >= 11 is 1.50. The minimum absolute atomic E-state index is 0.0826. The summed E-state index contributed by atoms with van der Waals surface area (Å²) in [5, 5.41) is 3.35. The van der Waals surface area contributed by atoms with Gasteiger partial charge < -0.3 is 5.32 Å². The Balaban J connectivity index is 2.46. The maximum atomic E-state index is 10.8. The SMILES string of the molecule is Bc1ccc2nc(NC(C)=O)sc2c1. The Bertz CT molecular complexity index is 495. The summed E-state index contributed by atoms with van der Waals surface area (Å²) in [6, 6.07) is 6.05. The number of aromatic nitrogens is 1. The zero-order chi connectivity index (χ0) is 10.1. The Morgan fingerprint density at radius 1 is 1.57 bits per heavy atom. The number of carbonyl (C=O) groups is 1. The van der Waals surface area contributed by atoms with Gasteiger partial charge in [0.05, 0.1) is 10.2 Å². The van der Waals surface area contributed by atoms with Crippen LogP contribution in [0, 0.1) is 0 Å². The quantitative estimate of drug-likeness (QED) is 0.687. The molecule has 0 fully saturated rings. The van der Waals surface area contributed by atoms with Crippen molar-refractivity contribution in [1.29, 1.82) is 0 Å². The van der Waals surface area contributed by atoms with Crippen LogP contribution in [-0.2, 0) is 4.79 Å². The highest BCUT2D eigenvalue weighted by Gasteiger charge is 2.04. The van der Waals surface area contributed by atoms with E-state index in [0.29, 0.717) is 5.13 Å². The van der Waals surface area contributed by atoms with Crippen molar-refractivity contribution in [2.75, 3.05) is 5.32 Å². The lowest BCUT2D eigenvalue weighted by Crippen LogP contribution is -2.04. The van der Waals surface area contributed by atoms with Crippen molar-refractivity contribution in [1.82, 2.24) is 4.98 Å². The van der Waals surface area contributed by atoms with Crippen molar-refractivity contribution in [2.45, 2.75) is 6.92 Å². The molecular weight excluding hydrogens is 195 g/mol. The van der Waals surface area contributed by atoms with Crippen molar-refractivity contribution >= 4 is 45.9 Å². The maximum absolute atomic E-state index is 10.8. The number of hydrogen-bond acceptors (Lipinski definition) is 3. The first kappa shape index (κ1) is 9.21. The molecule has 0 saturated carbocycles. The van der Waals surface area contributed by atoms with Crippen LogP contribution in [-0.4, -0.2) is 18.7 Å². The molecule has 1 amide bonds. The van der Waals surface area contributed by atoms with Crippen LogP contribution in [0.5, 0.6) is 0 Å². The molecule has 2 rings (SSSR count). The maximum Gasteiger partial charge on any atom is 0.223 e. The number of amides is 1. The van der Waals surface area contributed by atoms with Gasteiger partial charge in [-0.05, 0) is 12.1 Å². The highest BCUT2D eigenvalue weighted by atomic mass is 32.1. The first-order chi connectivity index (χ1) is 6.65. The second kappa shape index (κ2) is 3.42. The molecule has 2 aromatic rings. The number of rotatable bonds is 1. The molecule has 3 nitrogen and oxygen atoms in total. The van der Waals surface area contributed by atoms with Gasteiger partial charge in [0.25, 0.3) is 0 Å². The molecule has 0 saturated heterocycles. The summed E-state index contributed by atoms with van der Waals surface area (Å²) in [7, 11) is 2.04. The van der Waals surface area contributed by atoms with Crippen molar-refractivity contribution in [3.8, 4) is 0 Å². The number of anilines is 1. The van der Waals surface area contributed by atoms with E-state index in [1.54, 1.807) is 0 Å². The monoisotopic (exact) mass is 204 g/mol. The molecule has 0 bridgehead atoms. The number of nitrogens with one attached hydrogen (secondary N) is 1. The van der Waals surface area contributed by atoms with Crippen LogP contribution in [0.2, 0.25) is 0 Å². The van der Waals surface area contributed by atoms with Gasteiger partial charge in [0.1, 0.15) is 7.85 Å². The van der Waals surface area contributed by atoms with Crippen LogP contribution in [0.4, 0.5) is 5.13 Å². The molecule has 1 aromatic carbocycles. The number of thiazole rings is 1. The molecule has 0 radical (unpaired) electrons. The van der Waals surface area contributed by atoms with E-state index >= 15 is 0 Å². The zero-order valence-electron chi connectivity index (χ0n) is 8.00. The predicted molar refractivity (Wildman–Crippen MR) is 62.1 cm³/mol. The average Bonchev–Trinajstić information content (AvgIpc) is 2.44. The zero-order valence-corrected chi connectivity index (χ0v) is 8.81. The van der Waals surface area contributed by atoms with E-state index in [0.717, 1.165) is 10.2 Å². The van der Waals surface area contributed by atoms with Crippen molar-refractivity contribution in [3.05, 3.63) is 18.2 Å². The lowest BCUT2D eigenvalue weighted by molar-refractivity contribution is -0.114. The van der Waals surface area contributed by atoms with E-state index in [-0.39, 0.29) is 5.91 Å². The minimum Gasteiger partial charge on any atom is -0.302 e. The third-order valence-corrected chi connectivity index (χ3v) is 2.76. The van der Waals surface area contributed by atoms with E-state index < -0.39 is 0 Å². The highest BCUT2D eigenvalue weighted by molar-refractivity contribution is 7.22. The molecule has 0 unspecified atom stereocenters. The van der Waals surface area contributed by atoms with E-state index in [4.69, 9.17) is 0 Å². The summed E-state index contributed by atoms with van der Waals surface area (Å²) < 4.78 is 1.11. The lowest BCUT2D eigenvalue weighted by Gasteiger charge is -1.91. The van der Waals surface area contributed by atoms with Gasteiger partial charge in [0.15, 0.2) is 5.13 Å². The van der Waals surface area contributed by atoms with E-state index in [1.165, 1.54) is 23.7 Å². The van der Waals surface area contributed by atoms with Crippen LogP contribution < -0.4 is 10.8 Å². The number of fused-ring (bicyclic) bond motifs is 1. The van der Waals surface area contributed by atoms with Crippen LogP contribution in [0.15, 0.2) is 18.2 Å². The normalized spacial score (nSPS) is 10.4. The third kappa shape index (κ3) is 1.77. The van der Waals surface area contributed by atoms with Crippen molar-refractivity contribution in [3.63, 3.8) is 0 Å². The third-order valence-electron chi connectivity index (χ3n) is 1.83. The second-order valence-corrected chi connectivity index (χ2v) is 4.20. The molecule has 14 heavy (non-hydrogen) atoms. The fourth-order valence-corrected chi connectivity index (χ4v) is 2.25. The largest absolute Gasteiger partial charge is 0.302 e. The van der Waals surface area contributed by atoms with Crippen LogP contribution >= 0.6 is 11.3 Å². The minimum atomic E-state index is -0.0826. The molecule has 1 aromatic heterocycles. The molecule has 0 aliphatic heterocycles. The molecule has 1 heterocycles. The molecule has 0 spiro atoms. The summed E-state index contributed by atoms with van der Waals surface area (Å²) in [6.45, 7) is 1.48. The number of hydrogen-bond donors (Lipinski definition) is 1. The van der Waals surface area contributed by atoms with Crippen LogP contribution in [0.25, 0.3) is 10.2 Å². The smallest absolute Gasteiger partial charge is 0.223 e. The standard InChI is InChI=1S/C9H9BN2OS/c1-5(13)11-9-12-7-3-2-6(10)4-8(7)14-9/h2-4H,10H2,1H3,(H,11,12,13). The molecule has 0 aliphatic rings. The Kier molecular flexibility index (Phi) is 2.25. The van der Waals surface area contributed by atoms with Gasteiger partial charge in [0, 0.05) is 6.92 Å². The number of carbonyl (C=O) groups excluding carboxylic acids is 1. The van der Waals surface area contributed by atoms with E-state index in [2.05, 4.69) is 16.4 Å². The predicted octanol–water partition coefficient (Wildman–Crippen LogP) is 0.513. The Labute approximate surface area is 86.6 Å². The Morgan fingerprint density at radius 3 is 3.07 bits per heavy atom. The average molecular weight is 204 g/mol. The fraction of sp³-hybridized carbons (Fsp3) is 0.111. The number of benzene rings is 1. The second-order valence-electron chi connectivity index (χ2n) is 3.17. The Morgan fingerprint density at radius 2 is 2.36 bits per heavy atom. The van der Waals surface area contributed by atoms with Gasteiger partial charge in [-0.15, -0.1) is 0 Å². The molecular formula is C9H9BN2OS. The van der Waals surface area contributed by atoms with Gasteiger partial charge >= 0.3 is 0 Å². The van der Waals surface area contributed by atoms with Crippen molar-refractivity contribution in [2.24, 2.45) is 0 Å².